The lowest BCUT2D eigenvalue weighted by atomic mass is 9.96. The maximum Gasteiger partial charge on any atom is 0.223 e. The second-order valence-electron chi connectivity index (χ2n) is 11.0. The highest BCUT2D eigenvalue weighted by atomic mass is 19.1. The van der Waals surface area contributed by atoms with Gasteiger partial charge in [-0.1, -0.05) is 38.2 Å². The number of piperidine rings is 1. The first kappa shape index (κ1) is 23.6. The van der Waals surface area contributed by atoms with Gasteiger partial charge in [-0.25, -0.2) is 19.3 Å². The summed E-state index contributed by atoms with van der Waals surface area (Å²) in [7, 11) is 2.17. The van der Waals surface area contributed by atoms with Gasteiger partial charge in [0.1, 0.15) is 11.3 Å². The topological polar surface area (TPSA) is 58.9 Å². The SMILES string of the molecule is Cc1nc2c(F)cc(C3=CCc4nc(NC5CCN(C)CC5)ncc43)cc2n1C1CCCCCCC1. The normalized spacial score (nSPS) is 20.2. The highest BCUT2D eigenvalue weighted by Gasteiger charge is 2.25. The molecule has 2 fully saturated rings. The van der Waals surface area contributed by atoms with E-state index < -0.39 is 0 Å². The van der Waals surface area contributed by atoms with Crippen LogP contribution in [0.4, 0.5) is 10.3 Å². The summed E-state index contributed by atoms with van der Waals surface area (Å²) in [6.45, 7) is 4.22. The van der Waals surface area contributed by atoms with Gasteiger partial charge in [-0.15, -0.1) is 0 Å². The first-order valence-corrected chi connectivity index (χ1v) is 13.8. The highest BCUT2D eigenvalue weighted by molar-refractivity contribution is 5.89. The monoisotopic (exact) mass is 488 g/mol. The number of allylic oxidation sites excluding steroid dienone is 1. The van der Waals surface area contributed by atoms with Crippen LogP contribution in [0.15, 0.2) is 24.4 Å². The smallest absolute Gasteiger partial charge is 0.223 e. The summed E-state index contributed by atoms with van der Waals surface area (Å²) in [6.07, 6.45) is 15.7. The summed E-state index contributed by atoms with van der Waals surface area (Å²) < 4.78 is 17.7. The molecule has 0 bridgehead atoms. The average molecular weight is 489 g/mol. The van der Waals surface area contributed by atoms with Gasteiger partial charge in [0, 0.05) is 30.3 Å². The van der Waals surface area contributed by atoms with E-state index in [0.29, 0.717) is 23.5 Å². The van der Waals surface area contributed by atoms with Crippen LogP contribution in [0.2, 0.25) is 0 Å². The van der Waals surface area contributed by atoms with Crippen molar-refractivity contribution in [2.24, 2.45) is 0 Å². The van der Waals surface area contributed by atoms with E-state index in [1.54, 1.807) is 6.07 Å². The number of nitrogens with one attached hydrogen (secondary N) is 1. The summed E-state index contributed by atoms with van der Waals surface area (Å²) >= 11 is 0. The van der Waals surface area contributed by atoms with Gasteiger partial charge >= 0.3 is 0 Å². The Bertz CT molecular complexity index is 1280. The van der Waals surface area contributed by atoms with Crippen molar-refractivity contribution in [3.63, 3.8) is 0 Å². The number of aryl methyl sites for hydroxylation is 1. The van der Waals surface area contributed by atoms with Gasteiger partial charge in [0.25, 0.3) is 0 Å². The lowest BCUT2D eigenvalue weighted by Gasteiger charge is -2.29. The average Bonchev–Trinajstić information content (AvgIpc) is 3.41. The molecule has 2 aromatic heterocycles. The number of fused-ring (bicyclic) bond motifs is 2. The Balaban J connectivity index is 1.29. The molecule has 0 amide bonds. The number of likely N-dealkylation sites (tertiary alicyclic amines) is 1. The molecule has 6 nitrogen and oxygen atoms in total. The van der Waals surface area contributed by atoms with Crippen LogP contribution in [-0.4, -0.2) is 50.6 Å². The minimum Gasteiger partial charge on any atom is -0.351 e. The molecule has 0 spiro atoms. The second-order valence-corrected chi connectivity index (χ2v) is 11.0. The number of hydrogen-bond donors (Lipinski definition) is 1. The number of halogens is 1. The van der Waals surface area contributed by atoms with Crippen molar-refractivity contribution >= 4 is 22.6 Å². The lowest BCUT2D eigenvalue weighted by Crippen LogP contribution is -2.37. The Labute approximate surface area is 213 Å². The third-order valence-electron chi connectivity index (χ3n) is 8.39. The first-order chi connectivity index (χ1) is 17.6. The van der Waals surface area contributed by atoms with Gasteiger partial charge in [0.15, 0.2) is 5.82 Å². The number of rotatable bonds is 4. The molecular formula is C29H37FN6. The molecule has 0 unspecified atom stereocenters. The van der Waals surface area contributed by atoms with Gasteiger partial charge in [0.2, 0.25) is 5.95 Å². The van der Waals surface area contributed by atoms with Crippen LogP contribution in [0.5, 0.6) is 0 Å². The van der Waals surface area contributed by atoms with Crippen molar-refractivity contribution in [3.05, 3.63) is 52.9 Å². The fraction of sp³-hybridized carbons (Fsp3) is 0.552. The zero-order valence-corrected chi connectivity index (χ0v) is 21.6. The Kier molecular flexibility index (Phi) is 6.50. The van der Waals surface area contributed by atoms with Crippen LogP contribution in [0.25, 0.3) is 16.6 Å². The number of benzene rings is 1. The first-order valence-electron chi connectivity index (χ1n) is 13.8. The number of nitrogens with zero attached hydrogens (tertiary/aromatic N) is 5. The summed E-state index contributed by atoms with van der Waals surface area (Å²) in [5, 5.41) is 3.53. The summed E-state index contributed by atoms with van der Waals surface area (Å²) in [4.78, 5) is 16.5. The molecule has 3 heterocycles. The van der Waals surface area contributed by atoms with Gasteiger partial charge in [-0.05, 0) is 76.0 Å². The van der Waals surface area contributed by atoms with E-state index in [2.05, 4.69) is 43.9 Å². The molecule has 190 valence electrons. The lowest BCUT2D eigenvalue weighted by molar-refractivity contribution is 0.263. The van der Waals surface area contributed by atoms with E-state index >= 15 is 4.39 Å². The summed E-state index contributed by atoms with van der Waals surface area (Å²) in [6, 6.07) is 4.60. The van der Waals surface area contributed by atoms with E-state index in [0.717, 1.165) is 78.9 Å². The molecule has 0 radical (unpaired) electrons. The highest BCUT2D eigenvalue weighted by Crippen LogP contribution is 2.37. The van der Waals surface area contributed by atoms with Crippen LogP contribution >= 0.6 is 0 Å². The molecule has 1 N–H and O–H groups in total. The molecule has 36 heavy (non-hydrogen) atoms. The van der Waals surface area contributed by atoms with Crippen molar-refractivity contribution in [1.82, 2.24) is 24.4 Å². The molecule has 0 atom stereocenters. The fourth-order valence-electron chi connectivity index (χ4n) is 6.36. The molecule has 1 saturated heterocycles. The molecule has 3 aliphatic rings. The molecule has 3 aromatic rings. The van der Waals surface area contributed by atoms with E-state index in [9.17, 15) is 0 Å². The van der Waals surface area contributed by atoms with Crippen LogP contribution < -0.4 is 5.32 Å². The van der Waals surface area contributed by atoms with E-state index in [-0.39, 0.29) is 5.82 Å². The predicted molar refractivity (Wildman–Crippen MR) is 143 cm³/mol. The van der Waals surface area contributed by atoms with Crippen LogP contribution in [0, 0.1) is 12.7 Å². The molecule has 1 aliphatic heterocycles. The molecule has 7 heteroatoms. The molecule has 6 rings (SSSR count). The third kappa shape index (κ3) is 4.54. The van der Waals surface area contributed by atoms with Crippen molar-refractivity contribution in [1.29, 1.82) is 0 Å². The van der Waals surface area contributed by atoms with Crippen molar-refractivity contribution < 1.29 is 4.39 Å². The van der Waals surface area contributed by atoms with E-state index in [1.807, 2.05) is 13.1 Å². The van der Waals surface area contributed by atoms with Crippen LogP contribution in [0.3, 0.4) is 0 Å². The van der Waals surface area contributed by atoms with Gasteiger partial charge in [0.05, 0.1) is 11.2 Å². The molecular weight excluding hydrogens is 451 g/mol. The number of imidazole rings is 1. The fourth-order valence-corrected chi connectivity index (χ4v) is 6.36. The molecule has 2 aliphatic carbocycles. The van der Waals surface area contributed by atoms with Gasteiger partial charge in [-0.2, -0.15) is 0 Å². The Morgan fingerprint density at radius 1 is 0.972 bits per heavy atom. The Morgan fingerprint density at radius 3 is 2.50 bits per heavy atom. The van der Waals surface area contributed by atoms with Crippen LogP contribution in [-0.2, 0) is 6.42 Å². The van der Waals surface area contributed by atoms with Crippen molar-refractivity contribution in [2.75, 3.05) is 25.5 Å². The maximum absolute atomic E-state index is 15.4. The van der Waals surface area contributed by atoms with Gasteiger partial charge < -0.3 is 14.8 Å². The maximum atomic E-state index is 15.4. The van der Waals surface area contributed by atoms with E-state index in [4.69, 9.17) is 4.98 Å². The van der Waals surface area contributed by atoms with Crippen molar-refractivity contribution in [2.45, 2.75) is 83.2 Å². The Morgan fingerprint density at radius 2 is 1.72 bits per heavy atom. The predicted octanol–water partition coefficient (Wildman–Crippen LogP) is 6.05. The van der Waals surface area contributed by atoms with Crippen LogP contribution in [0.1, 0.15) is 86.5 Å². The second kappa shape index (κ2) is 9.92. The zero-order valence-electron chi connectivity index (χ0n) is 21.6. The van der Waals surface area contributed by atoms with Crippen molar-refractivity contribution in [3.8, 4) is 0 Å². The summed E-state index contributed by atoms with van der Waals surface area (Å²) in [5.41, 5.74) is 5.36. The minimum absolute atomic E-state index is 0.244. The molecule has 1 aromatic carbocycles. The van der Waals surface area contributed by atoms with E-state index in [1.165, 1.54) is 32.1 Å². The standard InChI is InChI=1S/C29H37FN6/c1-19-32-28-25(30)16-20(17-27(28)36(19)22-8-6-4-3-5-7-9-22)23-10-11-26-24(23)18-31-29(34-26)33-21-12-14-35(2)15-13-21/h10,16-18,21-22H,3-9,11-15H2,1-2H3,(H,31,33,34). The number of aromatic nitrogens is 4. The number of hydrogen-bond acceptors (Lipinski definition) is 5. The van der Waals surface area contributed by atoms with Gasteiger partial charge in [-0.3, -0.25) is 0 Å². The summed E-state index contributed by atoms with van der Waals surface area (Å²) in [5.74, 6) is 1.38. The largest absolute Gasteiger partial charge is 0.351 e. The minimum atomic E-state index is -0.244. The quantitative estimate of drug-likeness (QED) is 0.484. The number of anilines is 1. The Hall–Kier alpha value is -2.80. The third-order valence-corrected chi connectivity index (χ3v) is 8.39. The molecule has 1 saturated carbocycles. The zero-order chi connectivity index (χ0) is 24.6.